The van der Waals surface area contributed by atoms with E-state index in [1.807, 2.05) is 0 Å². The summed E-state index contributed by atoms with van der Waals surface area (Å²) in [5, 5.41) is 0. The molecule has 1 fully saturated rings. The normalized spacial score (nSPS) is 19.2. The quantitative estimate of drug-likeness (QED) is 0.819. The van der Waals surface area contributed by atoms with Crippen LogP contribution in [0.25, 0.3) is 0 Å². The molecule has 0 spiro atoms. The fraction of sp³-hybridized carbons (Fsp3) is 0.625. The van der Waals surface area contributed by atoms with Gasteiger partial charge in [-0.1, -0.05) is 61.9 Å². The van der Waals surface area contributed by atoms with Crippen molar-refractivity contribution in [1.82, 2.24) is 0 Å². The molecule has 1 aliphatic carbocycles. The van der Waals surface area contributed by atoms with Gasteiger partial charge in [-0.25, -0.2) is 0 Å². The molecule has 94 valence electrons. The van der Waals surface area contributed by atoms with E-state index in [2.05, 4.69) is 31.2 Å². The van der Waals surface area contributed by atoms with E-state index >= 15 is 0 Å². The molecule has 1 unspecified atom stereocenters. The van der Waals surface area contributed by atoms with E-state index in [-0.39, 0.29) is 6.04 Å². The van der Waals surface area contributed by atoms with Crippen LogP contribution in [0.5, 0.6) is 0 Å². The van der Waals surface area contributed by atoms with Gasteiger partial charge in [0.2, 0.25) is 0 Å². The van der Waals surface area contributed by atoms with Crippen LogP contribution in [0.1, 0.15) is 62.1 Å². The maximum atomic E-state index is 6.28. The molecule has 0 aromatic heterocycles. The molecule has 1 aromatic rings. The summed E-state index contributed by atoms with van der Waals surface area (Å²) in [5.41, 5.74) is 8.90. The SMILES string of the molecule is Cc1cccc(C(N)CCC2CCCCC2)c1. The van der Waals surface area contributed by atoms with E-state index in [0.717, 1.165) is 12.3 Å². The standard InChI is InChI=1S/C16H25N/c1-13-6-5-9-15(12-13)16(17)11-10-14-7-3-2-4-8-14/h5-6,9,12,14,16H,2-4,7-8,10-11,17H2,1H3. The van der Waals surface area contributed by atoms with Gasteiger partial charge in [-0.15, -0.1) is 0 Å². The van der Waals surface area contributed by atoms with Gasteiger partial charge in [-0.2, -0.15) is 0 Å². The van der Waals surface area contributed by atoms with Gasteiger partial charge in [0.05, 0.1) is 0 Å². The van der Waals surface area contributed by atoms with Crippen LogP contribution in [0.3, 0.4) is 0 Å². The lowest BCUT2D eigenvalue weighted by molar-refractivity contribution is 0.324. The van der Waals surface area contributed by atoms with Gasteiger partial charge in [-0.05, 0) is 31.2 Å². The van der Waals surface area contributed by atoms with Gasteiger partial charge in [0.1, 0.15) is 0 Å². The highest BCUT2D eigenvalue weighted by Gasteiger charge is 2.15. The maximum absolute atomic E-state index is 6.28. The van der Waals surface area contributed by atoms with Crippen molar-refractivity contribution in [2.75, 3.05) is 0 Å². The van der Waals surface area contributed by atoms with E-state index in [1.165, 1.54) is 49.7 Å². The van der Waals surface area contributed by atoms with Crippen molar-refractivity contribution in [2.45, 2.75) is 57.9 Å². The molecular weight excluding hydrogens is 206 g/mol. The maximum Gasteiger partial charge on any atom is 0.0295 e. The van der Waals surface area contributed by atoms with E-state index in [0.29, 0.717) is 0 Å². The van der Waals surface area contributed by atoms with E-state index in [4.69, 9.17) is 5.73 Å². The summed E-state index contributed by atoms with van der Waals surface area (Å²) in [7, 11) is 0. The number of rotatable bonds is 4. The minimum absolute atomic E-state index is 0.233. The molecule has 0 radical (unpaired) electrons. The van der Waals surface area contributed by atoms with E-state index < -0.39 is 0 Å². The number of aryl methyl sites for hydroxylation is 1. The van der Waals surface area contributed by atoms with Crippen molar-refractivity contribution in [2.24, 2.45) is 11.7 Å². The Kier molecular flexibility index (Phi) is 4.61. The first-order valence-electron chi connectivity index (χ1n) is 7.08. The van der Waals surface area contributed by atoms with Crippen molar-refractivity contribution in [3.05, 3.63) is 35.4 Å². The molecule has 1 nitrogen and oxygen atoms in total. The lowest BCUT2D eigenvalue weighted by Crippen LogP contribution is -2.14. The third-order valence-corrected chi connectivity index (χ3v) is 4.08. The van der Waals surface area contributed by atoms with Gasteiger partial charge < -0.3 is 5.73 Å². The van der Waals surface area contributed by atoms with Crippen LogP contribution in [-0.2, 0) is 0 Å². The highest BCUT2D eigenvalue weighted by atomic mass is 14.6. The fourth-order valence-corrected chi connectivity index (χ4v) is 2.96. The average molecular weight is 231 g/mol. The predicted octanol–water partition coefficient (Wildman–Crippen LogP) is 4.36. The van der Waals surface area contributed by atoms with Gasteiger partial charge in [-0.3, -0.25) is 0 Å². The first-order chi connectivity index (χ1) is 8.25. The summed E-state index contributed by atoms with van der Waals surface area (Å²) in [6, 6.07) is 8.88. The average Bonchev–Trinajstić information content (AvgIpc) is 2.37. The molecule has 0 heterocycles. The second-order valence-electron chi connectivity index (χ2n) is 5.60. The highest BCUT2D eigenvalue weighted by Crippen LogP contribution is 2.29. The fourth-order valence-electron chi connectivity index (χ4n) is 2.96. The zero-order valence-corrected chi connectivity index (χ0v) is 11.0. The van der Waals surface area contributed by atoms with Crippen molar-refractivity contribution >= 4 is 0 Å². The smallest absolute Gasteiger partial charge is 0.0295 e. The van der Waals surface area contributed by atoms with Crippen LogP contribution >= 0.6 is 0 Å². The Balaban J connectivity index is 1.82. The number of nitrogens with two attached hydrogens (primary N) is 1. The molecule has 2 rings (SSSR count). The third-order valence-electron chi connectivity index (χ3n) is 4.08. The summed E-state index contributed by atoms with van der Waals surface area (Å²) in [6.45, 7) is 2.14. The van der Waals surface area contributed by atoms with Crippen LogP contribution in [0, 0.1) is 12.8 Å². The number of hydrogen-bond acceptors (Lipinski definition) is 1. The Hall–Kier alpha value is -0.820. The molecule has 1 aromatic carbocycles. The molecule has 2 N–H and O–H groups in total. The van der Waals surface area contributed by atoms with Crippen molar-refractivity contribution in [3.8, 4) is 0 Å². The van der Waals surface area contributed by atoms with Crippen LogP contribution < -0.4 is 5.73 Å². The van der Waals surface area contributed by atoms with Crippen LogP contribution in [0.4, 0.5) is 0 Å². The van der Waals surface area contributed by atoms with Gasteiger partial charge in [0.25, 0.3) is 0 Å². The summed E-state index contributed by atoms with van der Waals surface area (Å²) in [6.07, 6.45) is 9.64. The third kappa shape index (κ3) is 3.85. The molecule has 0 bridgehead atoms. The zero-order valence-electron chi connectivity index (χ0n) is 11.0. The predicted molar refractivity (Wildman–Crippen MR) is 73.9 cm³/mol. The summed E-state index contributed by atoms with van der Waals surface area (Å²) in [5.74, 6) is 0.944. The molecule has 1 atom stereocenters. The summed E-state index contributed by atoms with van der Waals surface area (Å²) in [4.78, 5) is 0. The van der Waals surface area contributed by atoms with E-state index in [9.17, 15) is 0 Å². The van der Waals surface area contributed by atoms with Gasteiger partial charge in [0, 0.05) is 6.04 Å². The Bertz CT molecular complexity index is 339. The summed E-state index contributed by atoms with van der Waals surface area (Å²) >= 11 is 0. The molecule has 17 heavy (non-hydrogen) atoms. The first kappa shape index (κ1) is 12.6. The first-order valence-corrected chi connectivity index (χ1v) is 7.08. The molecule has 1 aliphatic rings. The highest BCUT2D eigenvalue weighted by molar-refractivity contribution is 5.24. The zero-order chi connectivity index (χ0) is 12.1. The number of benzene rings is 1. The van der Waals surface area contributed by atoms with Crippen molar-refractivity contribution in [3.63, 3.8) is 0 Å². The minimum atomic E-state index is 0.233. The monoisotopic (exact) mass is 231 g/mol. The van der Waals surface area contributed by atoms with Crippen molar-refractivity contribution < 1.29 is 0 Å². The second kappa shape index (κ2) is 6.20. The molecular formula is C16H25N. The largest absolute Gasteiger partial charge is 0.324 e. The lowest BCUT2D eigenvalue weighted by Gasteiger charge is -2.23. The Morgan fingerprint density at radius 3 is 2.71 bits per heavy atom. The Morgan fingerprint density at radius 2 is 2.00 bits per heavy atom. The molecule has 0 amide bonds. The second-order valence-corrected chi connectivity index (χ2v) is 5.60. The van der Waals surface area contributed by atoms with Crippen LogP contribution in [0.15, 0.2) is 24.3 Å². The molecule has 1 heteroatoms. The summed E-state index contributed by atoms with van der Waals surface area (Å²) < 4.78 is 0. The van der Waals surface area contributed by atoms with Crippen LogP contribution in [-0.4, -0.2) is 0 Å². The number of hydrogen-bond donors (Lipinski definition) is 1. The lowest BCUT2D eigenvalue weighted by atomic mass is 9.84. The van der Waals surface area contributed by atoms with E-state index in [1.54, 1.807) is 0 Å². The van der Waals surface area contributed by atoms with Crippen LogP contribution in [0.2, 0.25) is 0 Å². The van der Waals surface area contributed by atoms with Gasteiger partial charge in [0.15, 0.2) is 0 Å². The molecule has 1 saturated carbocycles. The van der Waals surface area contributed by atoms with Crippen molar-refractivity contribution in [1.29, 1.82) is 0 Å². The topological polar surface area (TPSA) is 26.0 Å². The Morgan fingerprint density at radius 1 is 1.24 bits per heavy atom. The molecule has 0 saturated heterocycles. The Labute approximate surface area is 105 Å². The van der Waals surface area contributed by atoms with Gasteiger partial charge >= 0.3 is 0 Å². The minimum Gasteiger partial charge on any atom is -0.324 e. The molecule has 0 aliphatic heterocycles.